The second-order valence-corrected chi connectivity index (χ2v) is 8.78. The fraction of sp³-hybridized carbons (Fsp3) is 0.750. The molecule has 0 aliphatic carbocycles. The Bertz CT molecular complexity index is 696. The first kappa shape index (κ1) is 18.9. The maximum Gasteiger partial charge on any atom is 0.234 e. The summed E-state index contributed by atoms with van der Waals surface area (Å²) in [6.07, 6.45) is 1.57. The molecule has 24 heavy (non-hydrogen) atoms. The summed E-state index contributed by atoms with van der Waals surface area (Å²) in [6, 6.07) is -0.0520. The lowest BCUT2D eigenvalue weighted by Crippen LogP contribution is -2.42. The van der Waals surface area contributed by atoms with E-state index >= 15 is 0 Å². The van der Waals surface area contributed by atoms with Crippen molar-refractivity contribution in [3.05, 3.63) is 17.0 Å². The third-order valence-electron chi connectivity index (χ3n) is 4.76. The Morgan fingerprint density at radius 1 is 1.42 bits per heavy atom. The van der Waals surface area contributed by atoms with Crippen molar-refractivity contribution < 1.29 is 13.2 Å². The van der Waals surface area contributed by atoms with Gasteiger partial charge in [-0.3, -0.25) is 14.4 Å². The molecule has 1 saturated heterocycles. The third-order valence-corrected chi connectivity index (χ3v) is 6.51. The molecule has 1 aliphatic rings. The van der Waals surface area contributed by atoms with Gasteiger partial charge in [0.05, 0.1) is 30.3 Å². The Hall–Kier alpha value is -1.41. The number of aryl methyl sites for hydroxylation is 1. The smallest absolute Gasteiger partial charge is 0.234 e. The number of hydrogen-bond acceptors (Lipinski definition) is 5. The Kier molecular flexibility index (Phi) is 6.03. The van der Waals surface area contributed by atoms with Gasteiger partial charge in [-0.1, -0.05) is 6.92 Å². The highest BCUT2D eigenvalue weighted by atomic mass is 32.2. The number of likely N-dealkylation sites (N-methyl/N-ethyl adjacent to an activating group) is 1. The molecule has 1 atom stereocenters. The molecule has 1 aromatic heterocycles. The number of carbonyl (C=O) groups excluding carboxylic acids is 1. The Balaban J connectivity index is 1.77. The first-order chi connectivity index (χ1) is 11.2. The number of amides is 1. The van der Waals surface area contributed by atoms with Crippen molar-refractivity contribution in [3.8, 4) is 0 Å². The van der Waals surface area contributed by atoms with Crippen LogP contribution in [0.2, 0.25) is 0 Å². The second kappa shape index (κ2) is 7.65. The van der Waals surface area contributed by atoms with Gasteiger partial charge in [0.15, 0.2) is 9.84 Å². The van der Waals surface area contributed by atoms with Crippen molar-refractivity contribution in [2.45, 2.75) is 46.2 Å². The van der Waals surface area contributed by atoms with E-state index in [0.717, 1.165) is 17.8 Å². The van der Waals surface area contributed by atoms with E-state index in [1.807, 2.05) is 16.5 Å². The minimum Gasteiger partial charge on any atom is -0.353 e. The van der Waals surface area contributed by atoms with Crippen molar-refractivity contribution in [2.24, 2.45) is 0 Å². The van der Waals surface area contributed by atoms with E-state index in [1.165, 1.54) is 5.56 Å². The SMILES string of the molecule is CCc1c(C)nn(CCNC(=O)CN(C)[C@@H]2CCS(=O)(=O)C2)c1C. The third kappa shape index (κ3) is 4.57. The summed E-state index contributed by atoms with van der Waals surface area (Å²) in [4.78, 5) is 13.9. The molecule has 2 rings (SSSR count). The zero-order chi connectivity index (χ0) is 17.9. The van der Waals surface area contributed by atoms with Gasteiger partial charge in [0.1, 0.15) is 0 Å². The second-order valence-electron chi connectivity index (χ2n) is 6.55. The van der Waals surface area contributed by atoms with Gasteiger partial charge in [-0.05, 0) is 39.3 Å². The van der Waals surface area contributed by atoms with Crippen LogP contribution in [-0.2, 0) is 27.6 Å². The first-order valence-electron chi connectivity index (χ1n) is 8.43. The quantitative estimate of drug-likeness (QED) is 0.759. The lowest BCUT2D eigenvalue weighted by molar-refractivity contribution is -0.122. The van der Waals surface area contributed by atoms with Crippen LogP contribution in [0.1, 0.15) is 30.3 Å². The van der Waals surface area contributed by atoms with Gasteiger partial charge in [-0.2, -0.15) is 5.10 Å². The van der Waals surface area contributed by atoms with Gasteiger partial charge in [0.2, 0.25) is 5.91 Å². The molecule has 136 valence electrons. The van der Waals surface area contributed by atoms with Crippen LogP contribution in [-0.4, -0.2) is 66.7 Å². The lowest BCUT2D eigenvalue weighted by atomic mass is 10.1. The molecule has 2 heterocycles. The van der Waals surface area contributed by atoms with Gasteiger partial charge in [-0.25, -0.2) is 8.42 Å². The van der Waals surface area contributed by atoms with E-state index in [0.29, 0.717) is 19.5 Å². The maximum absolute atomic E-state index is 12.0. The van der Waals surface area contributed by atoms with Crippen LogP contribution in [0, 0.1) is 13.8 Å². The van der Waals surface area contributed by atoms with E-state index < -0.39 is 9.84 Å². The molecular weight excluding hydrogens is 328 g/mol. The van der Waals surface area contributed by atoms with Crippen molar-refractivity contribution in [2.75, 3.05) is 31.6 Å². The summed E-state index contributed by atoms with van der Waals surface area (Å²) >= 11 is 0. The molecule has 1 N–H and O–H groups in total. The number of aromatic nitrogens is 2. The molecule has 0 radical (unpaired) electrons. The molecule has 1 amide bonds. The number of rotatable bonds is 7. The van der Waals surface area contributed by atoms with Crippen LogP contribution in [0.4, 0.5) is 0 Å². The monoisotopic (exact) mass is 356 g/mol. The molecule has 0 unspecified atom stereocenters. The van der Waals surface area contributed by atoms with Crippen molar-refractivity contribution in [1.29, 1.82) is 0 Å². The number of sulfone groups is 1. The summed E-state index contributed by atoms with van der Waals surface area (Å²) < 4.78 is 25.0. The van der Waals surface area contributed by atoms with Gasteiger partial charge in [0.25, 0.3) is 0 Å². The molecule has 8 heteroatoms. The summed E-state index contributed by atoms with van der Waals surface area (Å²) in [5.74, 6) is 0.294. The lowest BCUT2D eigenvalue weighted by Gasteiger charge is -2.22. The van der Waals surface area contributed by atoms with Gasteiger partial charge in [-0.15, -0.1) is 0 Å². The van der Waals surface area contributed by atoms with Crippen molar-refractivity contribution in [1.82, 2.24) is 20.0 Å². The number of hydrogen-bond donors (Lipinski definition) is 1. The zero-order valence-electron chi connectivity index (χ0n) is 15.0. The highest BCUT2D eigenvalue weighted by molar-refractivity contribution is 7.91. The molecule has 7 nitrogen and oxygen atoms in total. The van der Waals surface area contributed by atoms with E-state index in [9.17, 15) is 13.2 Å². The highest BCUT2D eigenvalue weighted by Gasteiger charge is 2.31. The van der Waals surface area contributed by atoms with Crippen molar-refractivity contribution >= 4 is 15.7 Å². The van der Waals surface area contributed by atoms with Crippen LogP contribution in [0.3, 0.4) is 0 Å². The fourth-order valence-corrected chi connectivity index (χ4v) is 5.10. The summed E-state index contributed by atoms with van der Waals surface area (Å²) in [5.41, 5.74) is 3.46. The van der Waals surface area contributed by atoms with E-state index in [1.54, 1.807) is 7.05 Å². The van der Waals surface area contributed by atoms with Gasteiger partial charge >= 0.3 is 0 Å². The van der Waals surface area contributed by atoms with E-state index in [-0.39, 0.29) is 30.0 Å². The summed E-state index contributed by atoms with van der Waals surface area (Å²) in [5, 5.41) is 7.40. The van der Waals surface area contributed by atoms with Crippen LogP contribution in [0.5, 0.6) is 0 Å². The molecular formula is C16H28N4O3S. The van der Waals surface area contributed by atoms with Crippen LogP contribution < -0.4 is 5.32 Å². The average molecular weight is 356 g/mol. The van der Waals surface area contributed by atoms with Crippen molar-refractivity contribution in [3.63, 3.8) is 0 Å². The normalized spacial score (nSPS) is 19.8. The Morgan fingerprint density at radius 2 is 2.12 bits per heavy atom. The van der Waals surface area contributed by atoms with Crippen LogP contribution in [0.15, 0.2) is 0 Å². The molecule has 0 saturated carbocycles. The summed E-state index contributed by atoms with van der Waals surface area (Å²) in [6.45, 7) is 7.54. The highest BCUT2D eigenvalue weighted by Crippen LogP contribution is 2.16. The standard InChI is InChI=1S/C16H28N4O3S/c1-5-15-12(2)18-20(13(15)3)8-7-17-16(21)10-19(4)14-6-9-24(22,23)11-14/h14H,5-11H2,1-4H3,(H,17,21)/t14-/m1/s1. The molecule has 0 bridgehead atoms. The predicted molar refractivity (Wildman–Crippen MR) is 93.8 cm³/mol. The largest absolute Gasteiger partial charge is 0.353 e. The average Bonchev–Trinajstić information content (AvgIpc) is 2.99. The minimum absolute atomic E-state index is 0.0520. The fourth-order valence-electron chi connectivity index (χ4n) is 3.30. The van der Waals surface area contributed by atoms with Crippen LogP contribution in [0.25, 0.3) is 0 Å². The van der Waals surface area contributed by atoms with Gasteiger partial charge in [0, 0.05) is 18.3 Å². The first-order valence-corrected chi connectivity index (χ1v) is 10.3. The Morgan fingerprint density at radius 3 is 2.67 bits per heavy atom. The van der Waals surface area contributed by atoms with E-state index in [4.69, 9.17) is 0 Å². The maximum atomic E-state index is 12.0. The Labute approximate surface area is 144 Å². The number of nitrogens with zero attached hydrogens (tertiary/aromatic N) is 3. The van der Waals surface area contributed by atoms with Crippen LogP contribution >= 0.6 is 0 Å². The topological polar surface area (TPSA) is 84.3 Å². The number of carbonyl (C=O) groups is 1. The van der Waals surface area contributed by atoms with E-state index in [2.05, 4.69) is 24.3 Å². The van der Waals surface area contributed by atoms with Gasteiger partial charge < -0.3 is 5.32 Å². The molecule has 1 fully saturated rings. The minimum atomic E-state index is -2.92. The molecule has 1 aromatic rings. The predicted octanol–water partition coefficient (Wildman–Crippen LogP) is 0.297. The molecule has 0 aromatic carbocycles. The molecule has 1 aliphatic heterocycles. The number of nitrogens with one attached hydrogen (secondary N) is 1. The summed E-state index contributed by atoms with van der Waals surface area (Å²) in [7, 11) is -1.12. The zero-order valence-corrected chi connectivity index (χ0v) is 15.8. The molecule has 0 spiro atoms.